The maximum absolute atomic E-state index is 11.8. The molecule has 1 aromatic heterocycles. The van der Waals surface area contributed by atoms with Crippen LogP contribution in [0.25, 0.3) is 0 Å². The molecule has 0 aliphatic heterocycles. The molecule has 112 valence electrons. The summed E-state index contributed by atoms with van der Waals surface area (Å²) >= 11 is 0. The first-order valence-corrected chi connectivity index (χ1v) is 6.38. The molecule has 0 radical (unpaired) electrons. The fraction of sp³-hybridized carbons (Fsp3) is 0.615. The SMILES string of the molecule is CCOC(=O)c1cc(CN(C)C(=O)OC(C)(C)C)[nH]n1. The van der Waals surface area contributed by atoms with Crippen LogP contribution in [-0.2, 0) is 16.0 Å². The van der Waals surface area contributed by atoms with Crippen molar-refractivity contribution in [3.8, 4) is 0 Å². The van der Waals surface area contributed by atoms with Gasteiger partial charge >= 0.3 is 12.1 Å². The first-order chi connectivity index (χ1) is 9.23. The van der Waals surface area contributed by atoms with Crippen LogP contribution in [0.1, 0.15) is 43.9 Å². The van der Waals surface area contributed by atoms with E-state index in [0.29, 0.717) is 12.3 Å². The highest BCUT2D eigenvalue weighted by Crippen LogP contribution is 2.11. The van der Waals surface area contributed by atoms with Crippen LogP contribution in [0.15, 0.2) is 6.07 Å². The number of nitrogens with one attached hydrogen (secondary N) is 1. The van der Waals surface area contributed by atoms with Crippen LogP contribution >= 0.6 is 0 Å². The zero-order valence-corrected chi connectivity index (χ0v) is 12.5. The van der Waals surface area contributed by atoms with Crippen molar-refractivity contribution in [2.45, 2.75) is 39.8 Å². The highest BCUT2D eigenvalue weighted by molar-refractivity contribution is 5.87. The number of carbonyl (C=O) groups excluding carboxylic acids is 2. The van der Waals surface area contributed by atoms with Crippen LogP contribution in [0, 0.1) is 0 Å². The lowest BCUT2D eigenvalue weighted by Gasteiger charge is -2.24. The predicted octanol–water partition coefficient (Wildman–Crippen LogP) is 1.95. The highest BCUT2D eigenvalue weighted by atomic mass is 16.6. The lowest BCUT2D eigenvalue weighted by Crippen LogP contribution is -2.33. The van der Waals surface area contributed by atoms with Gasteiger partial charge in [-0.05, 0) is 33.8 Å². The summed E-state index contributed by atoms with van der Waals surface area (Å²) in [5, 5.41) is 6.54. The molecule has 0 fully saturated rings. The second-order valence-electron chi connectivity index (χ2n) is 5.34. The lowest BCUT2D eigenvalue weighted by molar-refractivity contribution is 0.0283. The van der Waals surface area contributed by atoms with Crippen molar-refractivity contribution in [2.24, 2.45) is 0 Å². The van der Waals surface area contributed by atoms with Gasteiger partial charge in [0.1, 0.15) is 5.60 Å². The van der Waals surface area contributed by atoms with E-state index in [0.717, 1.165) is 0 Å². The molecule has 0 unspecified atom stereocenters. The van der Waals surface area contributed by atoms with E-state index in [1.807, 2.05) is 0 Å². The minimum Gasteiger partial charge on any atom is -0.461 e. The Bertz CT molecular complexity index is 476. The molecular weight excluding hydrogens is 262 g/mol. The number of H-pyrrole nitrogens is 1. The van der Waals surface area contributed by atoms with Crippen molar-refractivity contribution >= 4 is 12.1 Å². The Hall–Kier alpha value is -2.05. The Kier molecular flexibility index (Phi) is 5.12. The Balaban J connectivity index is 2.60. The molecule has 0 atom stereocenters. The molecule has 7 nitrogen and oxygen atoms in total. The van der Waals surface area contributed by atoms with E-state index in [2.05, 4.69) is 10.2 Å². The summed E-state index contributed by atoms with van der Waals surface area (Å²) in [5.74, 6) is -0.491. The van der Waals surface area contributed by atoms with Gasteiger partial charge in [0.2, 0.25) is 0 Å². The fourth-order valence-corrected chi connectivity index (χ4v) is 1.41. The second kappa shape index (κ2) is 6.40. The molecule has 0 bridgehead atoms. The summed E-state index contributed by atoms with van der Waals surface area (Å²) in [5.41, 5.74) is 0.274. The van der Waals surface area contributed by atoms with Crippen LogP contribution in [0.4, 0.5) is 4.79 Å². The summed E-state index contributed by atoms with van der Waals surface area (Å²) in [6.07, 6.45) is -0.440. The molecule has 0 spiro atoms. The van der Waals surface area contributed by atoms with Crippen molar-refractivity contribution in [1.29, 1.82) is 0 Å². The van der Waals surface area contributed by atoms with Crippen LogP contribution in [0.3, 0.4) is 0 Å². The number of hydrogen-bond acceptors (Lipinski definition) is 5. The monoisotopic (exact) mass is 283 g/mol. The molecule has 0 saturated heterocycles. The molecule has 0 aromatic carbocycles. The smallest absolute Gasteiger partial charge is 0.410 e. The van der Waals surface area contributed by atoms with E-state index in [-0.39, 0.29) is 12.2 Å². The molecular formula is C13H21N3O4. The third-order valence-electron chi connectivity index (χ3n) is 2.23. The summed E-state index contributed by atoms with van der Waals surface area (Å²) in [6.45, 7) is 7.68. The summed E-state index contributed by atoms with van der Waals surface area (Å²) in [6, 6.07) is 1.55. The number of aromatic amines is 1. The van der Waals surface area contributed by atoms with Gasteiger partial charge in [-0.2, -0.15) is 5.10 Å². The van der Waals surface area contributed by atoms with E-state index in [9.17, 15) is 9.59 Å². The normalized spacial score (nSPS) is 11.1. The van der Waals surface area contributed by atoms with Gasteiger partial charge in [-0.25, -0.2) is 9.59 Å². The van der Waals surface area contributed by atoms with E-state index < -0.39 is 17.7 Å². The Morgan fingerprint density at radius 1 is 1.40 bits per heavy atom. The van der Waals surface area contributed by atoms with E-state index in [1.165, 1.54) is 4.90 Å². The molecule has 1 N–H and O–H groups in total. The Labute approximate surface area is 118 Å². The minimum absolute atomic E-state index is 0.194. The van der Waals surface area contributed by atoms with Gasteiger partial charge in [-0.3, -0.25) is 5.10 Å². The van der Waals surface area contributed by atoms with Crippen molar-refractivity contribution < 1.29 is 19.1 Å². The molecule has 1 heterocycles. The van der Waals surface area contributed by atoms with Gasteiger partial charge in [-0.1, -0.05) is 0 Å². The van der Waals surface area contributed by atoms with Crippen molar-refractivity contribution in [3.63, 3.8) is 0 Å². The molecule has 20 heavy (non-hydrogen) atoms. The fourth-order valence-electron chi connectivity index (χ4n) is 1.41. The standard InChI is InChI=1S/C13H21N3O4/c1-6-19-11(17)10-7-9(14-15-10)8-16(5)12(18)20-13(2,3)4/h7H,6,8H2,1-5H3,(H,14,15). The van der Waals surface area contributed by atoms with Crippen LogP contribution in [0.5, 0.6) is 0 Å². The zero-order chi connectivity index (χ0) is 15.3. The Morgan fingerprint density at radius 3 is 2.60 bits per heavy atom. The number of ether oxygens (including phenoxy) is 2. The maximum Gasteiger partial charge on any atom is 0.410 e. The quantitative estimate of drug-likeness (QED) is 0.854. The summed E-state index contributed by atoms with van der Waals surface area (Å²) in [7, 11) is 1.61. The van der Waals surface area contributed by atoms with Crippen LogP contribution in [0.2, 0.25) is 0 Å². The molecule has 0 aliphatic carbocycles. The molecule has 0 aliphatic rings. The van der Waals surface area contributed by atoms with E-state index >= 15 is 0 Å². The number of carbonyl (C=O) groups is 2. The topological polar surface area (TPSA) is 84.5 Å². The third kappa shape index (κ3) is 4.91. The van der Waals surface area contributed by atoms with Crippen LogP contribution in [-0.4, -0.2) is 46.4 Å². The molecule has 1 aromatic rings. The summed E-state index contributed by atoms with van der Waals surface area (Å²) < 4.78 is 10.1. The average molecular weight is 283 g/mol. The number of hydrogen-bond donors (Lipinski definition) is 1. The highest BCUT2D eigenvalue weighted by Gasteiger charge is 2.20. The average Bonchev–Trinajstić information content (AvgIpc) is 2.75. The van der Waals surface area contributed by atoms with Crippen molar-refractivity contribution in [2.75, 3.05) is 13.7 Å². The lowest BCUT2D eigenvalue weighted by atomic mass is 10.2. The number of esters is 1. The van der Waals surface area contributed by atoms with Gasteiger partial charge in [0.15, 0.2) is 5.69 Å². The third-order valence-corrected chi connectivity index (χ3v) is 2.23. The largest absolute Gasteiger partial charge is 0.461 e. The van der Waals surface area contributed by atoms with E-state index in [1.54, 1.807) is 40.8 Å². The molecule has 1 rings (SSSR count). The molecule has 0 saturated carbocycles. The van der Waals surface area contributed by atoms with Gasteiger partial charge < -0.3 is 14.4 Å². The summed E-state index contributed by atoms with van der Waals surface area (Å²) in [4.78, 5) is 24.6. The molecule has 1 amide bonds. The first-order valence-electron chi connectivity index (χ1n) is 6.38. The predicted molar refractivity (Wildman–Crippen MR) is 72.2 cm³/mol. The zero-order valence-electron chi connectivity index (χ0n) is 12.5. The van der Waals surface area contributed by atoms with E-state index in [4.69, 9.17) is 9.47 Å². The number of amides is 1. The molecule has 7 heteroatoms. The number of rotatable bonds is 4. The van der Waals surface area contributed by atoms with Gasteiger partial charge in [0, 0.05) is 7.05 Å². The first kappa shape index (κ1) is 16.0. The number of aromatic nitrogens is 2. The Morgan fingerprint density at radius 2 is 2.05 bits per heavy atom. The van der Waals surface area contributed by atoms with Gasteiger partial charge in [0.25, 0.3) is 0 Å². The number of nitrogens with zero attached hydrogens (tertiary/aromatic N) is 2. The second-order valence-corrected chi connectivity index (χ2v) is 5.34. The van der Waals surface area contributed by atoms with Gasteiger partial charge in [-0.15, -0.1) is 0 Å². The van der Waals surface area contributed by atoms with Crippen molar-refractivity contribution in [3.05, 3.63) is 17.5 Å². The van der Waals surface area contributed by atoms with Gasteiger partial charge in [0.05, 0.1) is 18.8 Å². The van der Waals surface area contributed by atoms with Crippen LogP contribution < -0.4 is 0 Å². The van der Waals surface area contributed by atoms with Crippen molar-refractivity contribution in [1.82, 2.24) is 15.1 Å². The minimum atomic E-state index is -0.546. The maximum atomic E-state index is 11.8.